The van der Waals surface area contributed by atoms with Gasteiger partial charge in [-0.2, -0.15) is 0 Å². The van der Waals surface area contributed by atoms with Gasteiger partial charge in [-0.1, -0.05) is 5.21 Å². The number of rotatable bonds is 6. The molecule has 1 fully saturated rings. The molecule has 0 bridgehead atoms. The van der Waals surface area contributed by atoms with Crippen molar-refractivity contribution >= 4 is 5.97 Å². The van der Waals surface area contributed by atoms with E-state index in [1.54, 1.807) is 11.7 Å². The number of nitrogens with zero attached hydrogens (tertiary/aromatic N) is 3. The van der Waals surface area contributed by atoms with Crippen molar-refractivity contribution in [3.8, 4) is 17.0 Å². The first-order valence-corrected chi connectivity index (χ1v) is 9.45. The lowest BCUT2D eigenvalue weighted by atomic mass is 9.87. The molecule has 7 heteroatoms. The number of carbonyl (C=O) groups excluding carboxylic acids is 1. The minimum atomic E-state index is -0.118. The van der Waals surface area contributed by atoms with E-state index in [1.165, 1.54) is 0 Å². The second-order valence-electron chi connectivity index (χ2n) is 7.28. The molecule has 1 N–H and O–H groups in total. The van der Waals surface area contributed by atoms with Crippen LogP contribution in [-0.2, 0) is 23.2 Å². The van der Waals surface area contributed by atoms with Crippen molar-refractivity contribution in [1.29, 1.82) is 0 Å². The molecule has 0 amide bonds. The van der Waals surface area contributed by atoms with Crippen LogP contribution in [0.15, 0.2) is 24.3 Å². The number of aromatic nitrogens is 3. The Hall–Kier alpha value is -2.41. The van der Waals surface area contributed by atoms with Gasteiger partial charge in [0.15, 0.2) is 0 Å². The number of esters is 1. The van der Waals surface area contributed by atoms with Crippen LogP contribution < -0.4 is 4.74 Å². The van der Waals surface area contributed by atoms with E-state index in [0.717, 1.165) is 30.6 Å². The molecule has 27 heavy (non-hydrogen) atoms. The van der Waals surface area contributed by atoms with Crippen molar-refractivity contribution in [1.82, 2.24) is 15.0 Å². The van der Waals surface area contributed by atoms with Crippen LogP contribution in [0.1, 0.15) is 45.2 Å². The van der Waals surface area contributed by atoms with Crippen molar-refractivity contribution in [3.05, 3.63) is 30.0 Å². The number of ether oxygens (including phenoxy) is 2. The predicted molar refractivity (Wildman–Crippen MR) is 100.0 cm³/mol. The fourth-order valence-corrected chi connectivity index (χ4v) is 3.46. The van der Waals surface area contributed by atoms with Crippen LogP contribution in [0.2, 0.25) is 0 Å². The number of aryl methyl sites for hydroxylation is 1. The lowest BCUT2D eigenvalue weighted by molar-refractivity contribution is -0.154. The third kappa shape index (κ3) is 4.66. The third-order valence-corrected chi connectivity index (χ3v) is 4.83. The number of aliphatic hydroxyl groups is 1. The van der Waals surface area contributed by atoms with E-state index in [0.29, 0.717) is 17.8 Å². The first kappa shape index (κ1) is 19.4. The minimum absolute atomic E-state index is 0.0128. The Kier molecular flexibility index (Phi) is 6.11. The van der Waals surface area contributed by atoms with E-state index in [4.69, 9.17) is 9.47 Å². The molecule has 3 rings (SSSR count). The van der Waals surface area contributed by atoms with Gasteiger partial charge in [-0.3, -0.25) is 4.79 Å². The topological polar surface area (TPSA) is 86.5 Å². The van der Waals surface area contributed by atoms with Gasteiger partial charge in [0.25, 0.3) is 0 Å². The smallest absolute Gasteiger partial charge is 0.309 e. The summed E-state index contributed by atoms with van der Waals surface area (Å²) in [6, 6.07) is 7.60. The summed E-state index contributed by atoms with van der Waals surface area (Å²) >= 11 is 0. The second kappa shape index (κ2) is 8.52. The first-order valence-electron chi connectivity index (χ1n) is 9.45. The lowest BCUT2D eigenvalue weighted by Gasteiger charge is -2.29. The van der Waals surface area contributed by atoms with Gasteiger partial charge in [0.2, 0.25) is 0 Å². The average Bonchev–Trinajstić information content (AvgIpc) is 3.02. The van der Waals surface area contributed by atoms with E-state index in [-0.39, 0.29) is 30.7 Å². The second-order valence-corrected chi connectivity index (χ2v) is 7.28. The molecule has 2 unspecified atom stereocenters. The van der Waals surface area contributed by atoms with Gasteiger partial charge in [-0.15, -0.1) is 5.10 Å². The van der Waals surface area contributed by atoms with Gasteiger partial charge < -0.3 is 14.6 Å². The maximum absolute atomic E-state index is 12.2. The SMILES string of the molecule is CC(C)OC(=O)C1CCCC(Oc2ccc(-c3nnn(C)c3CO)cc2)C1. The summed E-state index contributed by atoms with van der Waals surface area (Å²) in [4.78, 5) is 12.2. The Labute approximate surface area is 159 Å². The molecule has 7 nitrogen and oxygen atoms in total. The van der Waals surface area contributed by atoms with Crippen LogP contribution >= 0.6 is 0 Å². The molecule has 0 aliphatic heterocycles. The van der Waals surface area contributed by atoms with Crippen LogP contribution in [0.25, 0.3) is 11.3 Å². The summed E-state index contributed by atoms with van der Waals surface area (Å²) in [6.07, 6.45) is 3.37. The monoisotopic (exact) mass is 373 g/mol. The van der Waals surface area contributed by atoms with Crippen molar-refractivity contribution in [3.63, 3.8) is 0 Å². The zero-order chi connectivity index (χ0) is 19.4. The summed E-state index contributed by atoms with van der Waals surface area (Å²) in [5.74, 6) is 0.557. The highest BCUT2D eigenvalue weighted by atomic mass is 16.5. The number of carbonyl (C=O) groups is 1. The molecule has 1 heterocycles. The van der Waals surface area contributed by atoms with Gasteiger partial charge in [0, 0.05) is 12.6 Å². The standard InChI is InChI=1S/C20H27N3O4/c1-13(2)26-20(25)15-5-4-6-17(11-15)27-16-9-7-14(8-10-16)19-18(12-24)23(3)22-21-19/h7-10,13,15,17,24H,4-6,11-12H2,1-3H3. The molecule has 0 saturated heterocycles. The van der Waals surface area contributed by atoms with E-state index in [9.17, 15) is 9.90 Å². The van der Waals surface area contributed by atoms with Crippen LogP contribution in [0.5, 0.6) is 5.75 Å². The summed E-state index contributed by atoms with van der Waals surface area (Å²) in [5, 5.41) is 17.6. The molecule has 0 spiro atoms. The number of hydrogen-bond donors (Lipinski definition) is 1. The van der Waals surface area contributed by atoms with Crippen molar-refractivity contribution < 1.29 is 19.4 Å². The number of hydrogen-bond acceptors (Lipinski definition) is 6. The normalized spacial score (nSPS) is 19.9. The van der Waals surface area contributed by atoms with Crippen molar-refractivity contribution in [2.75, 3.05) is 0 Å². The maximum Gasteiger partial charge on any atom is 0.309 e. The van der Waals surface area contributed by atoms with Gasteiger partial charge >= 0.3 is 5.97 Å². The molecular formula is C20H27N3O4. The highest BCUT2D eigenvalue weighted by Gasteiger charge is 2.30. The molecule has 1 saturated carbocycles. The fourth-order valence-electron chi connectivity index (χ4n) is 3.46. The molecule has 146 valence electrons. The first-order chi connectivity index (χ1) is 13.0. The quantitative estimate of drug-likeness (QED) is 0.784. The van der Waals surface area contributed by atoms with Crippen molar-refractivity contribution in [2.24, 2.45) is 13.0 Å². The zero-order valence-electron chi connectivity index (χ0n) is 16.1. The molecule has 2 atom stereocenters. The van der Waals surface area contributed by atoms with E-state index < -0.39 is 0 Å². The highest BCUT2D eigenvalue weighted by Crippen LogP contribution is 2.30. The summed E-state index contributed by atoms with van der Waals surface area (Å²) in [6.45, 7) is 3.62. The van der Waals surface area contributed by atoms with E-state index in [2.05, 4.69) is 10.3 Å². The molecule has 0 radical (unpaired) electrons. The number of aliphatic hydroxyl groups excluding tert-OH is 1. The van der Waals surface area contributed by atoms with Gasteiger partial charge in [0.1, 0.15) is 11.4 Å². The largest absolute Gasteiger partial charge is 0.490 e. The highest BCUT2D eigenvalue weighted by molar-refractivity contribution is 5.72. The van der Waals surface area contributed by atoms with Crippen LogP contribution in [0, 0.1) is 5.92 Å². The van der Waals surface area contributed by atoms with Gasteiger partial charge in [-0.25, -0.2) is 4.68 Å². The molecule has 2 aromatic rings. The Morgan fingerprint density at radius 1 is 1.30 bits per heavy atom. The molecule has 1 aliphatic carbocycles. The van der Waals surface area contributed by atoms with Crippen LogP contribution in [0.4, 0.5) is 0 Å². The average molecular weight is 373 g/mol. The Morgan fingerprint density at radius 2 is 2.04 bits per heavy atom. The molecule has 1 aliphatic rings. The van der Waals surface area contributed by atoms with Gasteiger partial charge in [0.05, 0.1) is 30.4 Å². The Bertz CT molecular complexity index is 770. The summed E-state index contributed by atoms with van der Waals surface area (Å²) in [5.41, 5.74) is 2.21. The molecule has 1 aromatic carbocycles. The minimum Gasteiger partial charge on any atom is -0.490 e. The lowest BCUT2D eigenvalue weighted by Crippen LogP contribution is -2.31. The van der Waals surface area contributed by atoms with Crippen LogP contribution in [-0.4, -0.2) is 38.3 Å². The van der Waals surface area contributed by atoms with E-state index >= 15 is 0 Å². The maximum atomic E-state index is 12.2. The van der Waals surface area contributed by atoms with Crippen molar-refractivity contribution in [2.45, 2.75) is 58.3 Å². The zero-order valence-corrected chi connectivity index (χ0v) is 16.1. The molecular weight excluding hydrogens is 346 g/mol. The molecule has 1 aromatic heterocycles. The Balaban J connectivity index is 1.63. The predicted octanol–water partition coefficient (Wildman–Crippen LogP) is 2.86. The number of benzene rings is 1. The van der Waals surface area contributed by atoms with Gasteiger partial charge in [-0.05, 0) is 63.8 Å². The van der Waals surface area contributed by atoms with E-state index in [1.807, 2.05) is 38.1 Å². The fraction of sp³-hybridized carbons (Fsp3) is 0.550. The van der Waals surface area contributed by atoms with Crippen LogP contribution in [0.3, 0.4) is 0 Å². The summed E-state index contributed by atoms with van der Waals surface area (Å²) < 4.78 is 13.0. The summed E-state index contributed by atoms with van der Waals surface area (Å²) in [7, 11) is 1.75. The Morgan fingerprint density at radius 3 is 2.70 bits per heavy atom. The third-order valence-electron chi connectivity index (χ3n) is 4.83.